The summed E-state index contributed by atoms with van der Waals surface area (Å²) in [7, 11) is 0. The number of hydrogen-bond donors (Lipinski definition) is 0. The summed E-state index contributed by atoms with van der Waals surface area (Å²) in [5, 5.41) is 0. The van der Waals surface area contributed by atoms with Crippen LogP contribution in [0, 0.1) is 0 Å². The maximum atomic E-state index is 0. The molecule has 0 saturated carbocycles. The Morgan fingerprint density at radius 3 is 1.00 bits per heavy atom. The summed E-state index contributed by atoms with van der Waals surface area (Å²) >= 11 is 0. The summed E-state index contributed by atoms with van der Waals surface area (Å²) in [5.74, 6) is 0. The van der Waals surface area contributed by atoms with Crippen molar-refractivity contribution in [3.63, 3.8) is 0 Å². The molecule has 5 heteroatoms. The topological polar surface area (TPSA) is 0 Å². The molecule has 0 bridgehead atoms. The fourth-order valence-corrected chi connectivity index (χ4v) is 0. The third-order valence-electron chi connectivity index (χ3n) is 0. The van der Waals surface area contributed by atoms with Gasteiger partial charge in [0.05, 0.1) is 0 Å². The van der Waals surface area contributed by atoms with Crippen molar-refractivity contribution < 1.29 is 72.0 Å². The molecule has 0 fully saturated rings. The van der Waals surface area contributed by atoms with Crippen molar-refractivity contribution in [1.29, 1.82) is 0 Å². The van der Waals surface area contributed by atoms with Gasteiger partial charge in [-0.25, -0.2) is 0 Å². The van der Waals surface area contributed by atoms with Gasteiger partial charge in [-0.1, -0.05) is 0 Å². The van der Waals surface area contributed by atoms with Gasteiger partial charge in [0.2, 0.25) is 0 Å². The van der Waals surface area contributed by atoms with Gasteiger partial charge in [-0.3, -0.25) is 0 Å². The van der Waals surface area contributed by atoms with Crippen LogP contribution in [0.5, 0.6) is 0 Å². The molecule has 5 radical (unpaired) electrons. The molecular formula is CrMnNiSiW. The van der Waals surface area contributed by atoms with E-state index in [4.69, 9.17) is 0 Å². The van der Waals surface area contributed by atoms with E-state index in [-0.39, 0.29) is 83.0 Å². The van der Waals surface area contributed by atoms with Gasteiger partial charge in [-0.05, 0) is 0 Å². The average molecular weight is 378 g/mol. The second kappa shape index (κ2) is 31.9. The van der Waals surface area contributed by atoms with Crippen molar-refractivity contribution >= 4 is 11.0 Å². The SMILES string of the molecule is [Cr].[Mn].[Ni].[Si].[W]. The van der Waals surface area contributed by atoms with Crippen molar-refractivity contribution in [1.82, 2.24) is 0 Å². The van der Waals surface area contributed by atoms with E-state index in [0.29, 0.717) is 0 Å². The minimum absolute atomic E-state index is 0. The van der Waals surface area contributed by atoms with E-state index in [1.165, 1.54) is 0 Å². The Morgan fingerprint density at radius 1 is 1.00 bits per heavy atom. The van der Waals surface area contributed by atoms with Crippen LogP contribution in [0.2, 0.25) is 0 Å². The zero-order valence-electron chi connectivity index (χ0n) is 2.01. The first-order valence-corrected chi connectivity index (χ1v) is 0. The molecular weight excluding hydrogens is 378 g/mol. The molecule has 0 spiro atoms. The van der Waals surface area contributed by atoms with Gasteiger partial charge in [0, 0.05) is 83.0 Å². The zero-order chi connectivity index (χ0) is 0. The summed E-state index contributed by atoms with van der Waals surface area (Å²) in [6.45, 7) is 0. The van der Waals surface area contributed by atoms with Crippen LogP contribution in [0.1, 0.15) is 0 Å². The molecule has 0 saturated heterocycles. The summed E-state index contributed by atoms with van der Waals surface area (Å²) in [6.07, 6.45) is 0. The zero-order valence-corrected chi connectivity index (χ0v) is 9.39. The molecule has 0 aliphatic carbocycles. The molecule has 0 aromatic heterocycles. The molecule has 0 aliphatic heterocycles. The van der Waals surface area contributed by atoms with Crippen LogP contribution in [0.3, 0.4) is 0 Å². The van der Waals surface area contributed by atoms with E-state index in [0.717, 1.165) is 0 Å². The second-order valence-corrected chi connectivity index (χ2v) is 0. The molecule has 0 aromatic carbocycles. The molecule has 0 rings (SSSR count). The minimum Gasteiger partial charge on any atom is 0 e. The molecule has 0 aromatic rings. The first kappa shape index (κ1) is 51.6. The molecule has 33 valence electrons. The van der Waals surface area contributed by atoms with Gasteiger partial charge in [-0.15, -0.1) is 0 Å². The quantitative estimate of drug-likeness (QED) is 0.505. The van der Waals surface area contributed by atoms with Crippen LogP contribution >= 0.6 is 0 Å². The maximum absolute atomic E-state index is 0. The van der Waals surface area contributed by atoms with E-state index in [1.807, 2.05) is 0 Å². The maximum Gasteiger partial charge on any atom is 0 e. The van der Waals surface area contributed by atoms with Gasteiger partial charge >= 0.3 is 0 Å². The van der Waals surface area contributed by atoms with E-state index in [9.17, 15) is 0 Å². The molecule has 0 nitrogen and oxygen atoms in total. The third-order valence-corrected chi connectivity index (χ3v) is 0. The molecule has 5 heavy (non-hydrogen) atoms. The van der Waals surface area contributed by atoms with Gasteiger partial charge < -0.3 is 0 Å². The van der Waals surface area contributed by atoms with Crippen molar-refractivity contribution in [3.8, 4) is 0 Å². The van der Waals surface area contributed by atoms with E-state index < -0.39 is 0 Å². The number of rotatable bonds is 0. The van der Waals surface area contributed by atoms with Crippen LogP contribution in [0.15, 0.2) is 0 Å². The Hall–Kier alpha value is 2.45. The fourth-order valence-electron chi connectivity index (χ4n) is 0. The Bertz CT molecular complexity index is 11.6. The van der Waals surface area contributed by atoms with Gasteiger partial charge in [0.1, 0.15) is 0 Å². The van der Waals surface area contributed by atoms with Crippen molar-refractivity contribution in [2.75, 3.05) is 0 Å². The van der Waals surface area contributed by atoms with E-state index >= 15 is 0 Å². The fraction of sp³-hybridized carbons (Fsp3) is 0. The summed E-state index contributed by atoms with van der Waals surface area (Å²) in [4.78, 5) is 0. The Kier molecular flexibility index (Phi) is 329. The monoisotopic (exact) mass is 377 g/mol. The molecule has 0 aliphatic rings. The van der Waals surface area contributed by atoms with E-state index in [2.05, 4.69) is 0 Å². The molecule has 0 N–H and O–H groups in total. The minimum atomic E-state index is 0. The van der Waals surface area contributed by atoms with Crippen LogP contribution in [-0.4, -0.2) is 11.0 Å². The normalized spacial score (nSPS) is 0. The number of hydrogen-bond acceptors (Lipinski definition) is 0. The summed E-state index contributed by atoms with van der Waals surface area (Å²) in [6, 6.07) is 0. The molecule has 0 heterocycles. The standard InChI is InChI=1S/Cr.Mn.Ni.Si.W. The first-order chi connectivity index (χ1) is 0. The van der Waals surface area contributed by atoms with Crippen LogP contribution < -0.4 is 0 Å². The largest absolute Gasteiger partial charge is 0 e. The molecule has 0 amide bonds. The van der Waals surface area contributed by atoms with Crippen molar-refractivity contribution in [2.45, 2.75) is 0 Å². The second-order valence-electron chi connectivity index (χ2n) is 0. The smallest absolute Gasteiger partial charge is 0 e. The first-order valence-electron chi connectivity index (χ1n) is 0. The van der Waals surface area contributed by atoms with Gasteiger partial charge in [0.15, 0.2) is 0 Å². The van der Waals surface area contributed by atoms with Crippen LogP contribution in [0.25, 0.3) is 0 Å². The molecule has 0 atom stereocenters. The summed E-state index contributed by atoms with van der Waals surface area (Å²) in [5.41, 5.74) is 0. The van der Waals surface area contributed by atoms with Gasteiger partial charge in [-0.2, -0.15) is 0 Å². The Morgan fingerprint density at radius 2 is 1.00 bits per heavy atom. The van der Waals surface area contributed by atoms with Crippen LogP contribution in [-0.2, 0) is 72.0 Å². The van der Waals surface area contributed by atoms with Crippen LogP contribution in [0.4, 0.5) is 0 Å². The Labute approximate surface area is 82.0 Å². The predicted octanol–water partition coefficient (Wildman–Crippen LogP) is -0.391. The molecule has 0 unspecified atom stereocenters. The summed E-state index contributed by atoms with van der Waals surface area (Å²) < 4.78 is 0. The van der Waals surface area contributed by atoms with Crippen molar-refractivity contribution in [2.24, 2.45) is 0 Å². The average Bonchev–Trinajstić information content (AvgIpc) is 0. The van der Waals surface area contributed by atoms with Crippen molar-refractivity contribution in [3.05, 3.63) is 0 Å². The predicted molar refractivity (Wildman–Crippen MR) is 5.75 cm³/mol. The van der Waals surface area contributed by atoms with Gasteiger partial charge in [0.25, 0.3) is 0 Å². The third kappa shape index (κ3) is 21.3. The Balaban J connectivity index is 0. The van der Waals surface area contributed by atoms with E-state index in [1.54, 1.807) is 0 Å².